The van der Waals surface area contributed by atoms with E-state index >= 15 is 0 Å². The van der Waals surface area contributed by atoms with Crippen molar-refractivity contribution in [3.63, 3.8) is 0 Å². The third kappa shape index (κ3) is 4.87. The van der Waals surface area contributed by atoms with Crippen molar-refractivity contribution < 1.29 is 14.0 Å². The van der Waals surface area contributed by atoms with E-state index < -0.39 is 0 Å². The van der Waals surface area contributed by atoms with E-state index in [1.54, 1.807) is 6.07 Å². The summed E-state index contributed by atoms with van der Waals surface area (Å²) in [4.78, 5) is 25.9. The fourth-order valence-corrected chi connectivity index (χ4v) is 2.59. The normalized spacial score (nSPS) is 16.5. The van der Waals surface area contributed by atoms with Crippen molar-refractivity contribution in [2.45, 2.75) is 39.2 Å². The zero-order valence-electron chi connectivity index (χ0n) is 13.4. The molecule has 1 aromatic heterocycles. The third-order valence-corrected chi connectivity index (χ3v) is 3.85. The summed E-state index contributed by atoms with van der Waals surface area (Å²) in [5, 5.41) is 5.92. The van der Waals surface area contributed by atoms with Gasteiger partial charge in [0.15, 0.2) is 0 Å². The molecule has 1 aliphatic rings. The van der Waals surface area contributed by atoms with Gasteiger partial charge in [-0.05, 0) is 32.3 Å². The molecule has 1 aliphatic heterocycles. The largest absolute Gasteiger partial charge is 0.469 e. The first-order valence-corrected chi connectivity index (χ1v) is 7.93. The molecule has 0 atom stereocenters. The van der Waals surface area contributed by atoms with Crippen molar-refractivity contribution in [2.24, 2.45) is 0 Å². The van der Waals surface area contributed by atoms with Crippen LogP contribution in [0.5, 0.6) is 0 Å². The van der Waals surface area contributed by atoms with Gasteiger partial charge in [-0.2, -0.15) is 0 Å². The number of carbonyl (C=O) groups is 2. The number of hydrogen-bond donors (Lipinski definition) is 2. The van der Waals surface area contributed by atoms with Gasteiger partial charge in [0, 0.05) is 25.7 Å². The minimum absolute atomic E-state index is 0.0817. The molecule has 122 valence electrons. The second-order valence-corrected chi connectivity index (χ2v) is 5.82. The maximum Gasteiger partial charge on any atom is 0.254 e. The maximum absolute atomic E-state index is 12.1. The van der Waals surface area contributed by atoms with Crippen LogP contribution >= 0.6 is 0 Å². The Morgan fingerprint density at radius 1 is 1.36 bits per heavy atom. The summed E-state index contributed by atoms with van der Waals surface area (Å²) < 4.78 is 5.15. The van der Waals surface area contributed by atoms with Crippen LogP contribution in [0.3, 0.4) is 0 Å². The third-order valence-electron chi connectivity index (χ3n) is 3.85. The molecular formula is C16H25N3O3. The second-order valence-electron chi connectivity index (χ2n) is 5.82. The van der Waals surface area contributed by atoms with Crippen LogP contribution in [0.25, 0.3) is 0 Å². The quantitative estimate of drug-likeness (QED) is 0.831. The highest BCUT2D eigenvalue weighted by Gasteiger charge is 2.22. The lowest BCUT2D eigenvalue weighted by atomic mass is 10.0. The molecule has 1 aromatic rings. The molecule has 0 bridgehead atoms. The van der Waals surface area contributed by atoms with Crippen molar-refractivity contribution in [3.05, 3.63) is 23.7 Å². The van der Waals surface area contributed by atoms with Crippen molar-refractivity contribution in [3.8, 4) is 0 Å². The van der Waals surface area contributed by atoms with Crippen LogP contribution in [-0.4, -0.2) is 48.9 Å². The molecule has 0 aromatic carbocycles. The molecule has 2 heterocycles. The monoisotopic (exact) mass is 307 g/mol. The first kappa shape index (κ1) is 16.5. The Morgan fingerprint density at radius 2 is 2.09 bits per heavy atom. The van der Waals surface area contributed by atoms with Gasteiger partial charge < -0.3 is 15.1 Å². The summed E-state index contributed by atoms with van der Waals surface area (Å²) in [5.41, 5.74) is 0.568. The van der Waals surface area contributed by atoms with E-state index in [4.69, 9.17) is 4.42 Å². The number of likely N-dealkylation sites (tertiary alicyclic amines) is 1. The SMILES string of the molecule is CCCNC(=O)CN1CCC(NC(=O)c2coc(C)c2)CC1. The molecule has 22 heavy (non-hydrogen) atoms. The van der Waals surface area contributed by atoms with Crippen LogP contribution < -0.4 is 10.6 Å². The van der Waals surface area contributed by atoms with E-state index in [2.05, 4.69) is 15.5 Å². The predicted molar refractivity (Wildman–Crippen MR) is 83.7 cm³/mol. The Hall–Kier alpha value is -1.82. The molecule has 1 fully saturated rings. The number of carbonyl (C=O) groups excluding carboxylic acids is 2. The van der Waals surface area contributed by atoms with Gasteiger partial charge in [-0.3, -0.25) is 14.5 Å². The Labute approximate surface area is 131 Å². The number of amides is 2. The number of furan rings is 1. The highest BCUT2D eigenvalue weighted by Crippen LogP contribution is 2.12. The Balaban J connectivity index is 1.71. The number of hydrogen-bond acceptors (Lipinski definition) is 4. The van der Waals surface area contributed by atoms with Crippen LogP contribution in [0.15, 0.2) is 16.7 Å². The molecular weight excluding hydrogens is 282 g/mol. The van der Waals surface area contributed by atoms with Crippen molar-refractivity contribution >= 4 is 11.8 Å². The fraction of sp³-hybridized carbons (Fsp3) is 0.625. The molecule has 2 N–H and O–H groups in total. The van der Waals surface area contributed by atoms with Gasteiger partial charge in [0.1, 0.15) is 12.0 Å². The smallest absolute Gasteiger partial charge is 0.254 e. The Kier molecular flexibility index (Phi) is 6.00. The van der Waals surface area contributed by atoms with E-state index in [1.807, 2.05) is 13.8 Å². The van der Waals surface area contributed by atoms with Gasteiger partial charge in [0.25, 0.3) is 5.91 Å². The lowest BCUT2D eigenvalue weighted by Gasteiger charge is -2.31. The van der Waals surface area contributed by atoms with E-state index in [0.717, 1.165) is 44.7 Å². The van der Waals surface area contributed by atoms with E-state index in [0.29, 0.717) is 12.1 Å². The minimum atomic E-state index is -0.0870. The summed E-state index contributed by atoms with van der Waals surface area (Å²) in [6.45, 7) is 6.69. The lowest BCUT2D eigenvalue weighted by molar-refractivity contribution is -0.122. The van der Waals surface area contributed by atoms with E-state index in [9.17, 15) is 9.59 Å². The average Bonchev–Trinajstić information content (AvgIpc) is 2.94. The molecule has 0 radical (unpaired) electrons. The van der Waals surface area contributed by atoms with Crippen LogP contribution in [0.1, 0.15) is 42.3 Å². The van der Waals surface area contributed by atoms with Crippen LogP contribution in [-0.2, 0) is 4.79 Å². The molecule has 2 rings (SSSR count). The number of piperidine rings is 1. The first-order valence-electron chi connectivity index (χ1n) is 7.93. The highest BCUT2D eigenvalue weighted by atomic mass is 16.3. The molecule has 6 heteroatoms. The molecule has 2 amide bonds. The summed E-state index contributed by atoms with van der Waals surface area (Å²) in [6, 6.07) is 1.90. The van der Waals surface area contributed by atoms with Gasteiger partial charge in [0.2, 0.25) is 5.91 Å². The zero-order chi connectivity index (χ0) is 15.9. The molecule has 1 saturated heterocycles. The van der Waals surface area contributed by atoms with Gasteiger partial charge in [-0.15, -0.1) is 0 Å². The van der Waals surface area contributed by atoms with Crippen molar-refractivity contribution in [1.29, 1.82) is 0 Å². The number of rotatable bonds is 6. The Morgan fingerprint density at radius 3 is 2.68 bits per heavy atom. The van der Waals surface area contributed by atoms with Crippen LogP contribution in [0, 0.1) is 6.92 Å². The van der Waals surface area contributed by atoms with Gasteiger partial charge in [-0.1, -0.05) is 6.92 Å². The summed E-state index contributed by atoms with van der Waals surface area (Å²) >= 11 is 0. The molecule has 0 aliphatic carbocycles. The number of aryl methyl sites for hydroxylation is 1. The second kappa shape index (κ2) is 7.98. The summed E-state index contributed by atoms with van der Waals surface area (Å²) in [7, 11) is 0. The Bertz CT molecular complexity index is 504. The fourth-order valence-electron chi connectivity index (χ4n) is 2.59. The predicted octanol–water partition coefficient (Wildman–Crippen LogP) is 1.31. The number of nitrogens with zero attached hydrogens (tertiary/aromatic N) is 1. The minimum Gasteiger partial charge on any atom is -0.469 e. The standard InChI is InChI=1S/C16H25N3O3/c1-3-6-17-15(20)10-19-7-4-14(5-8-19)18-16(21)13-9-12(2)22-11-13/h9,11,14H,3-8,10H2,1-2H3,(H,17,20)(H,18,21). The lowest BCUT2D eigenvalue weighted by Crippen LogP contribution is -2.47. The molecule has 0 saturated carbocycles. The first-order chi connectivity index (χ1) is 10.6. The van der Waals surface area contributed by atoms with Crippen LogP contribution in [0.2, 0.25) is 0 Å². The summed E-state index contributed by atoms with van der Waals surface area (Å²) in [5.74, 6) is 0.729. The summed E-state index contributed by atoms with van der Waals surface area (Å²) in [6.07, 6.45) is 4.17. The zero-order valence-corrected chi connectivity index (χ0v) is 13.4. The van der Waals surface area contributed by atoms with E-state index in [1.165, 1.54) is 6.26 Å². The van der Waals surface area contributed by atoms with Gasteiger partial charge >= 0.3 is 0 Å². The van der Waals surface area contributed by atoms with Gasteiger partial charge in [-0.25, -0.2) is 0 Å². The number of nitrogens with one attached hydrogen (secondary N) is 2. The van der Waals surface area contributed by atoms with E-state index in [-0.39, 0.29) is 17.9 Å². The van der Waals surface area contributed by atoms with Crippen molar-refractivity contribution in [2.75, 3.05) is 26.2 Å². The van der Waals surface area contributed by atoms with Crippen LogP contribution in [0.4, 0.5) is 0 Å². The molecule has 0 unspecified atom stereocenters. The average molecular weight is 307 g/mol. The molecule has 6 nitrogen and oxygen atoms in total. The highest BCUT2D eigenvalue weighted by molar-refractivity contribution is 5.94. The van der Waals surface area contributed by atoms with Gasteiger partial charge in [0.05, 0.1) is 12.1 Å². The molecule has 0 spiro atoms. The topological polar surface area (TPSA) is 74.6 Å². The van der Waals surface area contributed by atoms with Crippen molar-refractivity contribution in [1.82, 2.24) is 15.5 Å². The maximum atomic E-state index is 12.1.